The Bertz CT molecular complexity index is 2170. The number of nitrogens with zero attached hydrogens (tertiary/aromatic N) is 2. The molecule has 1 aliphatic heterocycles. The molecule has 0 unspecified atom stereocenters. The number of aryl methyl sites for hydroxylation is 1. The van der Waals surface area contributed by atoms with E-state index in [9.17, 15) is 0 Å². The molecule has 39 heavy (non-hydrogen) atoms. The van der Waals surface area contributed by atoms with E-state index < -0.39 is 0 Å². The van der Waals surface area contributed by atoms with Crippen LogP contribution >= 0.6 is 0 Å². The van der Waals surface area contributed by atoms with Gasteiger partial charge in [0.25, 0.3) is 5.52 Å². The Morgan fingerprint density at radius 2 is 1.44 bits per heavy atom. The Kier molecular flexibility index (Phi) is 4.53. The van der Waals surface area contributed by atoms with Crippen molar-refractivity contribution >= 4 is 66.7 Å². The molecule has 0 saturated carbocycles. The number of anilines is 1. The fourth-order valence-electron chi connectivity index (χ4n) is 5.59. The summed E-state index contributed by atoms with van der Waals surface area (Å²) in [4.78, 5) is 2.08. The second-order valence-corrected chi connectivity index (χ2v) is 10.0. The van der Waals surface area contributed by atoms with E-state index in [1.807, 2.05) is 62.6 Å². The van der Waals surface area contributed by atoms with Gasteiger partial charge in [-0.15, -0.1) is 0 Å². The molecule has 4 heterocycles. The molecule has 0 radical (unpaired) electrons. The van der Waals surface area contributed by atoms with Gasteiger partial charge in [0.1, 0.15) is 29.4 Å². The van der Waals surface area contributed by atoms with E-state index in [2.05, 4.69) is 52.8 Å². The SMILES string of the molecule is CCC(/C=C1\Oc2cc3oc4ccccc4c3cc2N1C)=C\c1oc2cc3oc4ccccc4c3cc2[n+]1C. The first-order valence-corrected chi connectivity index (χ1v) is 13.1. The molecule has 4 aromatic carbocycles. The smallest absolute Gasteiger partial charge is 0.374 e. The number of rotatable bonds is 3. The minimum absolute atomic E-state index is 0.762. The molecule has 0 aliphatic carbocycles. The third-order valence-corrected chi connectivity index (χ3v) is 7.76. The summed E-state index contributed by atoms with van der Waals surface area (Å²) < 4.78 is 26.8. The Morgan fingerprint density at radius 1 is 0.769 bits per heavy atom. The zero-order valence-corrected chi connectivity index (χ0v) is 21.8. The number of allylic oxidation sites excluding steroid dienone is 2. The van der Waals surface area contributed by atoms with E-state index in [1.54, 1.807) is 0 Å². The highest BCUT2D eigenvalue weighted by molar-refractivity contribution is 6.08. The van der Waals surface area contributed by atoms with Gasteiger partial charge in [-0.05, 0) is 30.2 Å². The number of hydrogen-bond acceptors (Lipinski definition) is 5. The molecule has 0 N–H and O–H groups in total. The summed E-state index contributed by atoms with van der Waals surface area (Å²) in [5.41, 5.74) is 7.31. The molecular weight excluding hydrogens is 488 g/mol. The molecule has 0 bridgehead atoms. The summed E-state index contributed by atoms with van der Waals surface area (Å²) >= 11 is 0. The largest absolute Gasteiger partial charge is 0.456 e. The molecule has 0 amide bonds. The highest BCUT2D eigenvalue weighted by atomic mass is 16.5. The fraction of sp³-hybridized carbons (Fsp3) is 0.121. The van der Waals surface area contributed by atoms with Gasteiger partial charge in [-0.1, -0.05) is 43.3 Å². The number of furan rings is 2. The number of aromatic nitrogens is 1. The topological polar surface area (TPSA) is 55.8 Å². The van der Waals surface area contributed by atoms with Crippen molar-refractivity contribution in [2.75, 3.05) is 11.9 Å². The van der Waals surface area contributed by atoms with Gasteiger partial charge in [0.15, 0.2) is 5.75 Å². The van der Waals surface area contributed by atoms with Crippen LogP contribution in [-0.2, 0) is 7.05 Å². The Balaban J connectivity index is 1.18. The van der Waals surface area contributed by atoms with Gasteiger partial charge in [0.2, 0.25) is 11.5 Å². The van der Waals surface area contributed by atoms with Gasteiger partial charge < -0.3 is 22.9 Å². The summed E-state index contributed by atoms with van der Waals surface area (Å²) in [5.74, 6) is 2.31. The maximum Gasteiger partial charge on any atom is 0.374 e. The van der Waals surface area contributed by atoms with E-state index in [-0.39, 0.29) is 0 Å². The molecule has 6 heteroatoms. The minimum atomic E-state index is 0.762. The lowest BCUT2D eigenvalue weighted by Crippen LogP contribution is -2.29. The molecule has 190 valence electrons. The van der Waals surface area contributed by atoms with Crippen LogP contribution in [0.5, 0.6) is 5.75 Å². The normalized spacial score (nSPS) is 15.0. The van der Waals surface area contributed by atoms with Crippen molar-refractivity contribution in [2.45, 2.75) is 13.3 Å². The molecule has 6 nitrogen and oxygen atoms in total. The van der Waals surface area contributed by atoms with E-state index in [0.717, 1.165) is 90.2 Å². The zero-order valence-electron chi connectivity index (χ0n) is 21.8. The molecule has 0 atom stereocenters. The van der Waals surface area contributed by atoms with Crippen LogP contribution in [0.15, 0.2) is 104 Å². The van der Waals surface area contributed by atoms with Crippen LogP contribution in [0, 0.1) is 0 Å². The number of ether oxygens (including phenoxy) is 1. The van der Waals surface area contributed by atoms with E-state index in [0.29, 0.717) is 0 Å². The van der Waals surface area contributed by atoms with Gasteiger partial charge in [-0.25, -0.2) is 0 Å². The van der Waals surface area contributed by atoms with E-state index in [1.165, 1.54) is 0 Å². The van der Waals surface area contributed by atoms with Crippen LogP contribution in [-0.4, -0.2) is 7.05 Å². The van der Waals surface area contributed by atoms with Crippen molar-refractivity contribution in [1.82, 2.24) is 0 Å². The van der Waals surface area contributed by atoms with Crippen molar-refractivity contribution in [2.24, 2.45) is 7.05 Å². The summed E-state index contributed by atoms with van der Waals surface area (Å²) in [6, 6.07) is 24.5. The molecule has 1 aliphatic rings. The van der Waals surface area contributed by atoms with Crippen molar-refractivity contribution < 1.29 is 22.6 Å². The second kappa shape index (κ2) is 8.01. The molecular formula is C33H25N2O4+. The predicted octanol–water partition coefficient (Wildman–Crippen LogP) is 8.22. The van der Waals surface area contributed by atoms with E-state index >= 15 is 0 Å². The molecule has 0 saturated heterocycles. The van der Waals surface area contributed by atoms with Crippen LogP contribution in [0.2, 0.25) is 0 Å². The van der Waals surface area contributed by atoms with Gasteiger partial charge in [0, 0.05) is 52.9 Å². The maximum atomic E-state index is 6.30. The van der Waals surface area contributed by atoms with Gasteiger partial charge in [-0.3, -0.25) is 0 Å². The fourth-order valence-corrected chi connectivity index (χ4v) is 5.59. The van der Waals surface area contributed by atoms with Crippen molar-refractivity contribution in [3.8, 4) is 5.75 Å². The average Bonchev–Trinajstić information content (AvgIpc) is 3.67. The lowest BCUT2D eigenvalue weighted by Gasteiger charge is -2.11. The number of oxazole rings is 1. The molecule has 0 spiro atoms. The Morgan fingerprint density at radius 3 is 2.15 bits per heavy atom. The molecule has 7 aromatic rings. The quantitative estimate of drug-likeness (QED) is 0.223. The first kappa shape index (κ1) is 22.1. The van der Waals surface area contributed by atoms with Crippen molar-refractivity contribution in [3.63, 3.8) is 0 Å². The summed E-state index contributed by atoms with van der Waals surface area (Å²) in [7, 11) is 4.05. The van der Waals surface area contributed by atoms with Crippen molar-refractivity contribution in [3.05, 3.63) is 96.2 Å². The van der Waals surface area contributed by atoms with Crippen LogP contribution < -0.4 is 14.2 Å². The van der Waals surface area contributed by atoms with Crippen LogP contribution in [0.25, 0.3) is 61.1 Å². The number of hydrogen-bond donors (Lipinski definition) is 0. The molecule has 8 rings (SSSR count). The average molecular weight is 514 g/mol. The van der Waals surface area contributed by atoms with Crippen LogP contribution in [0.3, 0.4) is 0 Å². The van der Waals surface area contributed by atoms with Gasteiger partial charge >= 0.3 is 5.89 Å². The lowest BCUT2D eigenvalue weighted by molar-refractivity contribution is -0.652. The van der Waals surface area contributed by atoms with Gasteiger partial charge in [0.05, 0.1) is 11.8 Å². The standard InChI is InChI=1S/C33H25N2O4/c1-4-19(13-32-34(2)24-15-22-20-9-5-7-11-26(20)36-28(22)17-30(24)38-32)14-33-35(3)25-16-23-21-10-6-8-12-27(21)37-29(23)18-31(25)39-33/h5-18H,4H2,1-3H3/q+1. The van der Waals surface area contributed by atoms with E-state index in [4.69, 9.17) is 18.0 Å². The Hall–Kier alpha value is -4.97. The predicted molar refractivity (Wildman–Crippen MR) is 154 cm³/mol. The molecule has 3 aromatic heterocycles. The second-order valence-electron chi connectivity index (χ2n) is 10.0. The number of benzene rings is 4. The maximum absolute atomic E-state index is 6.30. The van der Waals surface area contributed by atoms with Gasteiger partial charge in [-0.2, -0.15) is 4.57 Å². The van der Waals surface area contributed by atoms with Crippen LogP contribution in [0.4, 0.5) is 5.69 Å². The lowest BCUT2D eigenvalue weighted by atomic mass is 10.1. The monoisotopic (exact) mass is 513 g/mol. The zero-order chi connectivity index (χ0) is 26.2. The molecule has 0 fully saturated rings. The Labute approximate surface area is 223 Å². The summed E-state index contributed by atoms with van der Waals surface area (Å²) in [6.45, 7) is 2.13. The third kappa shape index (κ3) is 3.24. The number of fused-ring (bicyclic) bond motifs is 8. The highest BCUT2D eigenvalue weighted by Crippen LogP contribution is 2.43. The summed E-state index contributed by atoms with van der Waals surface area (Å²) in [5, 5.41) is 4.38. The number of para-hydroxylation sites is 2. The minimum Gasteiger partial charge on any atom is -0.456 e. The summed E-state index contributed by atoms with van der Waals surface area (Å²) in [6.07, 6.45) is 4.97. The third-order valence-electron chi connectivity index (χ3n) is 7.76. The van der Waals surface area contributed by atoms with Crippen LogP contribution in [0.1, 0.15) is 19.2 Å². The first-order valence-electron chi connectivity index (χ1n) is 13.1. The first-order chi connectivity index (χ1) is 19.1. The van der Waals surface area contributed by atoms with Crippen molar-refractivity contribution in [1.29, 1.82) is 0 Å². The highest BCUT2D eigenvalue weighted by Gasteiger charge is 2.26.